The largest absolute Gasteiger partial charge is 0.346 e. The van der Waals surface area contributed by atoms with Crippen molar-refractivity contribution in [3.05, 3.63) is 53.6 Å². The second kappa shape index (κ2) is 8.11. The molecule has 1 aromatic carbocycles. The Morgan fingerprint density at radius 2 is 2.19 bits per heavy atom. The lowest BCUT2D eigenvalue weighted by Crippen LogP contribution is -2.24. The zero-order valence-electron chi connectivity index (χ0n) is 14.1. The normalized spacial score (nSPS) is 13.4. The summed E-state index contributed by atoms with van der Waals surface area (Å²) in [6, 6.07) is 9.37. The molecule has 3 aromatic rings. The Kier molecular flexibility index (Phi) is 5.65. The molecular formula is C17H20ClN7O. The molecule has 0 fully saturated rings. The SMILES string of the molecule is Cl.O=C(NCc1cc2n(n1)CCCNC2)c1ccccc1-c1ncn[nH]1. The number of carbonyl (C=O) groups excluding carboxylic acids is 1. The minimum Gasteiger partial charge on any atom is -0.346 e. The summed E-state index contributed by atoms with van der Waals surface area (Å²) in [6.45, 7) is 3.12. The van der Waals surface area contributed by atoms with Crippen molar-refractivity contribution in [1.29, 1.82) is 0 Å². The first-order chi connectivity index (χ1) is 12.3. The van der Waals surface area contributed by atoms with E-state index in [4.69, 9.17) is 0 Å². The van der Waals surface area contributed by atoms with Gasteiger partial charge < -0.3 is 10.6 Å². The number of aromatic nitrogens is 5. The molecule has 9 heteroatoms. The van der Waals surface area contributed by atoms with Gasteiger partial charge in [0.15, 0.2) is 5.82 Å². The van der Waals surface area contributed by atoms with E-state index in [0.29, 0.717) is 17.9 Å². The molecule has 1 aliphatic rings. The smallest absolute Gasteiger partial charge is 0.252 e. The fourth-order valence-corrected chi connectivity index (χ4v) is 3.00. The van der Waals surface area contributed by atoms with Crippen molar-refractivity contribution in [2.24, 2.45) is 0 Å². The molecule has 136 valence electrons. The van der Waals surface area contributed by atoms with Crippen LogP contribution in [0.1, 0.15) is 28.2 Å². The van der Waals surface area contributed by atoms with Gasteiger partial charge in [-0.2, -0.15) is 10.2 Å². The number of fused-ring (bicyclic) bond motifs is 1. The van der Waals surface area contributed by atoms with Gasteiger partial charge in [0, 0.05) is 18.7 Å². The number of benzene rings is 1. The lowest BCUT2D eigenvalue weighted by molar-refractivity contribution is 0.0951. The van der Waals surface area contributed by atoms with Gasteiger partial charge in [0.2, 0.25) is 0 Å². The van der Waals surface area contributed by atoms with Crippen molar-refractivity contribution >= 4 is 18.3 Å². The molecule has 0 radical (unpaired) electrons. The highest BCUT2D eigenvalue weighted by molar-refractivity contribution is 6.00. The van der Waals surface area contributed by atoms with E-state index >= 15 is 0 Å². The van der Waals surface area contributed by atoms with E-state index < -0.39 is 0 Å². The molecule has 0 atom stereocenters. The third kappa shape index (κ3) is 3.76. The molecule has 2 aromatic heterocycles. The molecule has 0 bridgehead atoms. The van der Waals surface area contributed by atoms with Crippen LogP contribution in [0.3, 0.4) is 0 Å². The number of nitrogens with zero attached hydrogens (tertiary/aromatic N) is 4. The highest BCUT2D eigenvalue weighted by Crippen LogP contribution is 2.19. The van der Waals surface area contributed by atoms with E-state index in [1.165, 1.54) is 6.33 Å². The highest BCUT2D eigenvalue weighted by Gasteiger charge is 2.15. The average molecular weight is 374 g/mol. The standard InChI is InChI=1S/C17H19N7O.ClH/c25-17(15-5-2-1-4-14(15)16-20-11-21-22-16)19-9-12-8-13-10-18-6-3-7-24(13)23-12;/h1-2,4-5,8,11,18H,3,6-7,9-10H2,(H,19,25)(H,20,21,22);1H. The van der Waals surface area contributed by atoms with Crippen LogP contribution in [0, 0.1) is 0 Å². The third-order valence-corrected chi connectivity index (χ3v) is 4.22. The van der Waals surface area contributed by atoms with Crippen LogP contribution in [0.15, 0.2) is 36.7 Å². The molecule has 0 spiro atoms. The van der Waals surface area contributed by atoms with Crippen LogP contribution in [0.2, 0.25) is 0 Å². The van der Waals surface area contributed by atoms with Crippen LogP contribution >= 0.6 is 12.4 Å². The van der Waals surface area contributed by atoms with Crippen LogP contribution in [-0.2, 0) is 19.6 Å². The Balaban J connectivity index is 0.00000196. The van der Waals surface area contributed by atoms with Crippen molar-refractivity contribution < 1.29 is 4.79 Å². The monoisotopic (exact) mass is 373 g/mol. The van der Waals surface area contributed by atoms with Gasteiger partial charge in [-0.15, -0.1) is 12.4 Å². The minimum atomic E-state index is -0.159. The molecule has 0 saturated heterocycles. The van der Waals surface area contributed by atoms with E-state index in [1.54, 1.807) is 6.07 Å². The van der Waals surface area contributed by atoms with Gasteiger partial charge >= 0.3 is 0 Å². The lowest BCUT2D eigenvalue weighted by atomic mass is 10.1. The molecule has 0 saturated carbocycles. The molecule has 3 heterocycles. The first kappa shape index (κ1) is 18.1. The average Bonchev–Trinajstić information content (AvgIpc) is 3.26. The zero-order valence-corrected chi connectivity index (χ0v) is 14.9. The van der Waals surface area contributed by atoms with Gasteiger partial charge in [0.1, 0.15) is 6.33 Å². The molecule has 26 heavy (non-hydrogen) atoms. The maximum atomic E-state index is 12.6. The Bertz CT molecular complexity index is 852. The van der Waals surface area contributed by atoms with Crippen molar-refractivity contribution in [2.75, 3.05) is 6.54 Å². The summed E-state index contributed by atoms with van der Waals surface area (Å²) in [5.41, 5.74) is 3.30. The van der Waals surface area contributed by atoms with Crippen molar-refractivity contribution in [1.82, 2.24) is 35.6 Å². The predicted octanol–water partition coefficient (Wildman–Crippen LogP) is 1.51. The van der Waals surface area contributed by atoms with Gasteiger partial charge in [0.25, 0.3) is 5.91 Å². The van der Waals surface area contributed by atoms with E-state index in [1.807, 2.05) is 28.9 Å². The second-order valence-corrected chi connectivity index (χ2v) is 5.94. The van der Waals surface area contributed by atoms with Crippen molar-refractivity contribution in [3.8, 4) is 11.4 Å². The number of rotatable bonds is 4. The van der Waals surface area contributed by atoms with Crippen LogP contribution in [0.5, 0.6) is 0 Å². The van der Waals surface area contributed by atoms with Gasteiger partial charge in [-0.1, -0.05) is 18.2 Å². The van der Waals surface area contributed by atoms with Gasteiger partial charge in [-0.3, -0.25) is 14.6 Å². The van der Waals surface area contributed by atoms with E-state index in [-0.39, 0.29) is 18.3 Å². The minimum absolute atomic E-state index is 0. The van der Waals surface area contributed by atoms with Gasteiger partial charge in [-0.25, -0.2) is 4.98 Å². The lowest BCUT2D eigenvalue weighted by Gasteiger charge is -2.07. The summed E-state index contributed by atoms with van der Waals surface area (Å²) in [5.74, 6) is 0.416. The van der Waals surface area contributed by atoms with Crippen LogP contribution in [0.25, 0.3) is 11.4 Å². The fourth-order valence-electron chi connectivity index (χ4n) is 3.00. The number of halogens is 1. The summed E-state index contributed by atoms with van der Waals surface area (Å²) in [4.78, 5) is 16.7. The first-order valence-electron chi connectivity index (χ1n) is 8.30. The third-order valence-electron chi connectivity index (χ3n) is 4.22. The number of hydrogen-bond donors (Lipinski definition) is 3. The molecule has 8 nitrogen and oxygen atoms in total. The summed E-state index contributed by atoms with van der Waals surface area (Å²) in [6.07, 6.45) is 2.49. The maximum Gasteiger partial charge on any atom is 0.252 e. The van der Waals surface area contributed by atoms with Gasteiger partial charge in [-0.05, 0) is 25.1 Å². The number of amides is 1. The molecule has 0 unspecified atom stereocenters. The van der Waals surface area contributed by atoms with Crippen LogP contribution in [0.4, 0.5) is 0 Å². The number of aryl methyl sites for hydroxylation is 1. The summed E-state index contributed by atoms with van der Waals surface area (Å²) < 4.78 is 2.02. The maximum absolute atomic E-state index is 12.6. The molecular weight excluding hydrogens is 354 g/mol. The summed E-state index contributed by atoms with van der Waals surface area (Å²) in [7, 11) is 0. The quantitative estimate of drug-likeness (QED) is 0.643. The van der Waals surface area contributed by atoms with E-state index in [0.717, 1.165) is 43.0 Å². The Hall–Kier alpha value is -2.71. The predicted molar refractivity (Wildman–Crippen MR) is 98.8 cm³/mol. The molecule has 4 rings (SSSR count). The molecule has 0 aliphatic carbocycles. The fraction of sp³-hybridized carbons (Fsp3) is 0.294. The second-order valence-electron chi connectivity index (χ2n) is 5.94. The number of hydrogen-bond acceptors (Lipinski definition) is 5. The van der Waals surface area contributed by atoms with Crippen LogP contribution in [-0.4, -0.2) is 37.4 Å². The number of aromatic amines is 1. The van der Waals surface area contributed by atoms with E-state index in [2.05, 4.69) is 30.9 Å². The van der Waals surface area contributed by atoms with E-state index in [9.17, 15) is 4.79 Å². The number of nitrogens with one attached hydrogen (secondary N) is 3. The molecule has 1 aliphatic heterocycles. The number of H-pyrrole nitrogens is 1. The summed E-state index contributed by atoms with van der Waals surface area (Å²) >= 11 is 0. The van der Waals surface area contributed by atoms with Gasteiger partial charge in [0.05, 0.1) is 23.5 Å². The molecule has 3 N–H and O–H groups in total. The van der Waals surface area contributed by atoms with Crippen molar-refractivity contribution in [2.45, 2.75) is 26.1 Å². The Morgan fingerprint density at radius 3 is 3.04 bits per heavy atom. The summed E-state index contributed by atoms with van der Waals surface area (Å²) in [5, 5.41) is 17.5. The molecule has 1 amide bonds. The zero-order chi connectivity index (χ0) is 17.1. The van der Waals surface area contributed by atoms with Crippen LogP contribution < -0.4 is 10.6 Å². The first-order valence-corrected chi connectivity index (χ1v) is 8.30. The topological polar surface area (TPSA) is 101 Å². The number of carbonyl (C=O) groups is 1. The highest BCUT2D eigenvalue weighted by atomic mass is 35.5. The van der Waals surface area contributed by atoms with Crippen molar-refractivity contribution in [3.63, 3.8) is 0 Å². The Morgan fingerprint density at radius 1 is 1.31 bits per heavy atom. The Labute approximate surface area is 156 Å².